The average molecular weight is 174 g/mol. The minimum atomic E-state index is -0.126. The van der Waals surface area contributed by atoms with Gasteiger partial charge in [0.1, 0.15) is 0 Å². The zero-order chi connectivity index (χ0) is 7.84. The first kappa shape index (κ1) is 7.56. The lowest BCUT2D eigenvalue weighted by atomic mass is 9.80. The largest absolute Gasteiger partial charge is 0.303 e. The molecule has 0 radical (unpaired) electrons. The second-order valence-corrected chi connectivity index (χ2v) is 3.92. The number of fused-ring (bicyclic) bond motifs is 3. The van der Waals surface area contributed by atoms with Gasteiger partial charge in [-0.15, -0.1) is 0 Å². The third-order valence-electron chi connectivity index (χ3n) is 2.95. The molecule has 0 unspecified atom stereocenters. The van der Waals surface area contributed by atoms with E-state index < -0.39 is 0 Å². The topological polar surface area (TPSA) is 20.3 Å². The van der Waals surface area contributed by atoms with Crippen molar-refractivity contribution < 1.29 is 4.79 Å². The number of nitrogens with zero attached hydrogens (tertiary/aromatic N) is 1. The molecular weight excluding hydrogens is 162 g/mol. The molecule has 11 heavy (non-hydrogen) atoms. The summed E-state index contributed by atoms with van der Waals surface area (Å²) in [6, 6.07) is 0. The van der Waals surface area contributed by atoms with E-state index in [0.717, 1.165) is 6.54 Å². The van der Waals surface area contributed by atoms with Crippen molar-refractivity contribution in [2.75, 3.05) is 19.6 Å². The molecule has 2 bridgehead atoms. The van der Waals surface area contributed by atoms with E-state index in [9.17, 15) is 4.79 Å². The van der Waals surface area contributed by atoms with Gasteiger partial charge in [-0.25, -0.2) is 0 Å². The minimum Gasteiger partial charge on any atom is -0.303 e. The number of hydrogen-bond acceptors (Lipinski definition) is 2. The third kappa shape index (κ3) is 1.30. The van der Waals surface area contributed by atoms with Gasteiger partial charge in [0.15, 0.2) is 0 Å². The Balaban J connectivity index is 2.08. The summed E-state index contributed by atoms with van der Waals surface area (Å²) in [4.78, 5) is 13.3. The van der Waals surface area contributed by atoms with Crippen LogP contribution in [0.4, 0.5) is 0 Å². The molecule has 0 N–H and O–H groups in total. The number of halogens is 1. The first-order chi connectivity index (χ1) is 5.27. The maximum absolute atomic E-state index is 10.9. The van der Waals surface area contributed by atoms with Gasteiger partial charge in [0.2, 0.25) is 5.24 Å². The van der Waals surface area contributed by atoms with Crippen LogP contribution in [0.25, 0.3) is 0 Å². The predicted molar refractivity (Wildman–Crippen MR) is 43.5 cm³/mol. The summed E-state index contributed by atoms with van der Waals surface area (Å²) in [5.74, 6) is 0.726. The number of piperidine rings is 3. The highest BCUT2D eigenvalue weighted by molar-refractivity contribution is 6.64. The molecular formula is C8H12ClNO. The monoisotopic (exact) mass is 173 g/mol. The molecule has 2 nitrogen and oxygen atoms in total. The summed E-state index contributed by atoms with van der Waals surface area (Å²) in [6.07, 6.45) is 2.34. The van der Waals surface area contributed by atoms with Crippen LogP contribution < -0.4 is 0 Å². The molecule has 3 saturated heterocycles. The number of carbonyl (C=O) groups excluding carboxylic acids is 1. The molecule has 1 atom stereocenters. The van der Waals surface area contributed by atoms with Crippen LogP contribution in [0.2, 0.25) is 0 Å². The van der Waals surface area contributed by atoms with Crippen molar-refractivity contribution in [2.24, 2.45) is 11.8 Å². The summed E-state index contributed by atoms with van der Waals surface area (Å²) < 4.78 is 0. The van der Waals surface area contributed by atoms with Crippen LogP contribution in [-0.4, -0.2) is 29.8 Å². The molecule has 0 aliphatic carbocycles. The maximum Gasteiger partial charge on any atom is 0.226 e. The van der Waals surface area contributed by atoms with Crippen molar-refractivity contribution >= 4 is 16.8 Å². The van der Waals surface area contributed by atoms with E-state index in [2.05, 4.69) is 4.90 Å². The lowest BCUT2D eigenvalue weighted by Crippen LogP contribution is -2.49. The summed E-state index contributed by atoms with van der Waals surface area (Å²) in [7, 11) is 0. The second kappa shape index (κ2) is 2.76. The Kier molecular flexibility index (Phi) is 1.90. The highest BCUT2D eigenvalue weighted by Crippen LogP contribution is 2.33. The molecule has 0 aromatic carbocycles. The molecule has 62 valence electrons. The molecule has 3 aliphatic heterocycles. The normalized spacial score (nSPS) is 42.5. The zero-order valence-corrected chi connectivity index (χ0v) is 7.18. The Bertz CT molecular complexity index is 175. The molecule has 3 fully saturated rings. The van der Waals surface area contributed by atoms with E-state index in [0.29, 0.717) is 5.92 Å². The fraction of sp³-hybridized carbons (Fsp3) is 0.875. The quantitative estimate of drug-likeness (QED) is 0.554. The van der Waals surface area contributed by atoms with Gasteiger partial charge in [0, 0.05) is 12.5 Å². The van der Waals surface area contributed by atoms with Crippen molar-refractivity contribution in [2.45, 2.75) is 12.8 Å². The number of rotatable bonds is 1. The summed E-state index contributed by atoms with van der Waals surface area (Å²) >= 11 is 5.49. The molecule has 3 aliphatic rings. The first-order valence-corrected chi connectivity index (χ1v) is 4.57. The van der Waals surface area contributed by atoms with Crippen LogP contribution in [0.3, 0.4) is 0 Å². The standard InChI is InChI=1S/C8H12ClNO/c9-8(11)7-5-10-3-1-6(7)2-4-10/h6-7H,1-5H2/t7-/m1/s1. The molecule has 0 aromatic rings. The molecule has 3 rings (SSSR count). The second-order valence-electron chi connectivity index (χ2n) is 3.55. The van der Waals surface area contributed by atoms with Gasteiger partial charge in [0.25, 0.3) is 0 Å². The van der Waals surface area contributed by atoms with Crippen LogP contribution in [0, 0.1) is 11.8 Å². The van der Waals surface area contributed by atoms with E-state index in [1.807, 2.05) is 0 Å². The van der Waals surface area contributed by atoms with Crippen molar-refractivity contribution in [3.05, 3.63) is 0 Å². The van der Waals surface area contributed by atoms with Crippen molar-refractivity contribution in [1.29, 1.82) is 0 Å². The highest BCUT2D eigenvalue weighted by Gasteiger charge is 2.37. The van der Waals surface area contributed by atoms with Gasteiger partial charge in [-0.2, -0.15) is 0 Å². The molecule has 3 heteroatoms. The molecule has 0 saturated carbocycles. The Morgan fingerprint density at radius 1 is 1.36 bits per heavy atom. The SMILES string of the molecule is O=C(Cl)[C@@H]1CN2CCC1CC2. The lowest BCUT2D eigenvalue weighted by molar-refractivity contribution is -0.120. The predicted octanol–water partition coefficient (Wildman–Crippen LogP) is 1.09. The molecule has 0 amide bonds. The molecule has 0 aromatic heterocycles. The lowest BCUT2D eigenvalue weighted by Gasteiger charge is -2.43. The summed E-state index contributed by atoms with van der Waals surface area (Å²) in [6.45, 7) is 3.25. The highest BCUT2D eigenvalue weighted by atomic mass is 35.5. The van der Waals surface area contributed by atoms with E-state index in [4.69, 9.17) is 11.6 Å². The zero-order valence-electron chi connectivity index (χ0n) is 6.42. The first-order valence-electron chi connectivity index (χ1n) is 4.19. The van der Waals surface area contributed by atoms with Gasteiger partial charge in [0.05, 0.1) is 0 Å². The Morgan fingerprint density at radius 3 is 2.27 bits per heavy atom. The average Bonchev–Trinajstić information content (AvgIpc) is 2.06. The van der Waals surface area contributed by atoms with Crippen molar-refractivity contribution in [3.8, 4) is 0 Å². The van der Waals surface area contributed by atoms with Crippen LogP contribution >= 0.6 is 11.6 Å². The number of hydrogen-bond donors (Lipinski definition) is 0. The number of carbonyl (C=O) groups is 1. The Labute approximate surface area is 71.5 Å². The molecule has 3 heterocycles. The summed E-state index contributed by atoms with van der Waals surface area (Å²) in [5.41, 5.74) is 0. The van der Waals surface area contributed by atoms with Gasteiger partial charge in [-0.3, -0.25) is 4.79 Å². The van der Waals surface area contributed by atoms with Gasteiger partial charge >= 0.3 is 0 Å². The maximum atomic E-state index is 10.9. The fourth-order valence-corrected chi connectivity index (χ4v) is 2.47. The van der Waals surface area contributed by atoms with Gasteiger partial charge < -0.3 is 4.90 Å². The van der Waals surface area contributed by atoms with Gasteiger partial charge in [-0.1, -0.05) is 0 Å². The van der Waals surface area contributed by atoms with E-state index >= 15 is 0 Å². The molecule has 0 spiro atoms. The van der Waals surface area contributed by atoms with Crippen molar-refractivity contribution in [1.82, 2.24) is 4.90 Å². The summed E-state index contributed by atoms with van der Waals surface area (Å²) in [5, 5.41) is -0.126. The Morgan fingerprint density at radius 2 is 2.00 bits per heavy atom. The van der Waals surface area contributed by atoms with Crippen molar-refractivity contribution in [3.63, 3.8) is 0 Å². The Hall–Kier alpha value is -0.0800. The van der Waals surface area contributed by atoms with E-state index in [1.165, 1.54) is 25.9 Å². The third-order valence-corrected chi connectivity index (χ3v) is 3.23. The van der Waals surface area contributed by atoms with Crippen LogP contribution in [0.15, 0.2) is 0 Å². The van der Waals surface area contributed by atoms with E-state index in [1.54, 1.807) is 0 Å². The smallest absolute Gasteiger partial charge is 0.226 e. The van der Waals surface area contributed by atoms with Crippen LogP contribution in [0.1, 0.15) is 12.8 Å². The van der Waals surface area contributed by atoms with Crippen LogP contribution in [0.5, 0.6) is 0 Å². The van der Waals surface area contributed by atoms with E-state index in [-0.39, 0.29) is 11.2 Å². The fourth-order valence-electron chi connectivity index (χ4n) is 2.22. The minimum absolute atomic E-state index is 0.126. The van der Waals surface area contributed by atoms with Crippen LogP contribution in [-0.2, 0) is 4.79 Å². The van der Waals surface area contributed by atoms with Gasteiger partial charge in [-0.05, 0) is 43.5 Å².